The summed E-state index contributed by atoms with van der Waals surface area (Å²) in [5.41, 5.74) is 3.32. The van der Waals surface area contributed by atoms with Crippen molar-refractivity contribution in [1.29, 1.82) is 0 Å². The molecule has 0 fully saturated rings. The summed E-state index contributed by atoms with van der Waals surface area (Å²) >= 11 is 7.08. The zero-order valence-electron chi connectivity index (χ0n) is 13.2. The molecule has 0 aliphatic rings. The average molecular weight is 455 g/mol. The van der Waals surface area contributed by atoms with Crippen LogP contribution in [0.15, 0.2) is 44.1 Å². The number of imidazole rings is 1. The van der Waals surface area contributed by atoms with Crippen LogP contribution in [0.5, 0.6) is 5.75 Å². The Balaban J connectivity index is 1.85. The standard InChI is InChI=1S/C17H17Br2N3O2/c1-9(2)24-16-10(5-11(18)6-13(16)19)8-20-12-3-4-14-15(7-12)22-17(23)21-14/h3-7,9,20H,8H2,1-2H3,(H2,21,22,23). The van der Waals surface area contributed by atoms with E-state index < -0.39 is 0 Å². The summed E-state index contributed by atoms with van der Waals surface area (Å²) in [5, 5.41) is 3.37. The molecule has 24 heavy (non-hydrogen) atoms. The molecule has 0 bridgehead atoms. The lowest BCUT2D eigenvalue weighted by atomic mass is 10.2. The maximum Gasteiger partial charge on any atom is 0.323 e. The van der Waals surface area contributed by atoms with Crippen molar-refractivity contribution in [3.8, 4) is 5.75 Å². The molecule has 3 rings (SSSR count). The lowest BCUT2D eigenvalue weighted by Gasteiger charge is -2.17. The number of anilines is 1. The van der Waals surface area contributed by atoms with Crippen molar-refractivity contribution in [1.82, 2.24) is 9.97 Å². The Kier molecular flexibility index (Phi) is 5.01. The number of hydrogen-bond donors (Lipinski definition) is 3. The molecule has 0 radical (unpaired) electrons. The fourth-order valence-electron chi connectivity index (χ4n) is 2.45. The van der Waals surface area contributed by atoms with Gasteiger partial charge < -0.3 is 20.0 Å². The zero-order chi connectivity index (χ0) is 17.3. The van der Waals surface area contributed by atoms with Gasteiger partial charge in [-0.3, -0.25) is 0 Å². The second kappa shape index (κ2) is 7.03. The Morgan fingerprint density at radius 2 is 1.88 bits per heavy atom. The molecule has 1 heterocycles. The van der Waals surface area contributed by atoms with Crippen LogP contribution in [0, 0.1) is 0 Å². The van der Waals surface area contributed by atoms with Crippen LogP contribution in [0.25, 0.3) is 11.0 Å². The number of halogens is 2. The molecule has 2 aromatic carbocycles. The van der Waals surface area contributed by atoms with Crippen LogP contribution in [-0.2, 0) is 6.54 Å². The maximum absolute atomic E-state index is 11.3. The molecule has 0 aliphatic heterocycles. The average Bonchev–Trinajstić information content (AvgIpc) is 2.87. The summed E-state index contributed by atoms with van der Waals surface area (Å²) in [6.45, 7) is 4.60. The van der Waals surface area contributed by atoms with Crippen LogP contribution < -0.4 is 15.7 Å². The normalized spacial score (nSPS) is 11.2. The SMILES string of the molecule is CC(C)Oc1c(Br)cc(Br)cc1CNc1ccc2[nH]c(=O)[nH]c2c1. The first kappa shape index (κ1) is 17.1. The first-order valence-electron chi connectivity index (χ1n) is 7.53. The van der Waals surface area contributed by atoms with Crippen LogP contribution in [-0.4, -0.2) is 16.1 Å². The Hall–Kier alpha value is -1.73. The van der Waals surface area contributed by atoms with Crippen LogP contribution in [0.1, 0.15) is 19.4 Å². The number of nitrogens with one attached hydrogen (secondary N) is 3. The van der Waals surface area contributed by atoms with Crippen LogP contribution >= 0.6 is 31.9 Å². The summed E-state index contributed by atoms with van der Waals surface area (Å²) in [6, 6.07) is 9.72. The highest BCUT2D eigenvalue weighted by Crippen LogP contribution is 2.34. The minimum absolute atomic E-state index is 0.0857. The van der Waals surface area contributed by atoms with E-state index in [2.05, 4.69) is 47.1 Å². The van der Waals surface area contributed by atoms with Crippen molar-refractivity contribution in [2.24, 2.45) is 0 Å². The van der Waals surface area contributed by atoms with E-state index in [1.807, 2.05) is 44.2 Å². The van der Waals surface area contributed by atoms with E-state index in [4.69, 9.17) is 4.74 Å². The van der Waals surface area contributed by atoms with Gasteiger partial charge in [-0.15, -0.1) is 0 Å². The fraction of sp³-hybridized carbons (Fsp3) is 0.235. The summed E-state index contributed by atoms with van der Waals surface area (Å²) in [4.78, 5) is 16.8. The van der Waals surface area contributed by atoms with Gasteiger partial charge in [0.1, 0.15) is 5.75 Å². The molecule has 0 amide bonds. The molecule has 0 saturated carbocycles. The largest absolute Gasteiger partial charge is 0.489 e. The number of aromatic nitrogens is 2. The van der Waals surface area contributed by atoms with Gasteiger partial charge in [0.25, 0.3) is 0 Å². The number of ether oxygens (including phenoxy) is 1. The van der Waals surface area contributed by atoms with Gasteiger partial charge in [-0.05, 0) is 60.1 Å². The van der Waals surface area contributed by atoms with Crippen molar-refractivity contribution in [3.63, 3.8) is 0 Å². The van der Waals surface area contributed by atoms with Gasteiger partial charge in [0, 0.05) is 22.3 Å². The molecule has 0 spiro atoms. The van der Waals surface area contributed by atoms with E-state index in [1.54, 1.807) is 0 Å². The molecule has 0 unspecified atom stereocenters. The van der Waals surface area contributed by atoms with E-state index >= 15 is 0 Å². The smallest absolute Gasteiger partial charge is 0.323 e. The third kappa shape index (κ3) is 3.84. The van der Waals surface area contributed by atoms with E-state index in [9.17, 15) is 4.79 Å². The quantitative estimate of drug-likeness (QED) is 0.519. The molecule has 1 aromatic heterocycles. The van der Waals surface area contributed by atoms with Crippen LogP contribution in [0.4, 0.5) is 5.69 Å². The molecule has 0 atom stereocenters. The highest BCUT2D eigenvalue weighted by Gasteiger charge is 2.12. The molecule has 0 saturated heterocycles. The minimum Gasteiger partial charge on any atom is -0.489 e. The van der Waals surface area contributed by atoms with E-state index in [1.165, 1.54) is 0 Å². The van der Waals surface area contributed by atoms with Crippen molar-refractivity contribution < 1.29 is 4.74 Å². The van der Waals surface area contributed by atoms with Gasteiger partial charge in [-0.2, -0.15) is 0 Å². The minimum atomic E-state index is -0.203. The molecule has 5 nitrogen and oxygen atoms in total. The summed E-state index contributed by atoms with van der Waals surface area (Å²) in [6.07, 6.45) is 0.0857. The van der Waals surface area contributed by atoms with Gasteiger partial charge >= 0.3 is 5.69 Å². The molecular weight excluding hydrogens is 438 g/mol. The summed E-state index contributed by atoms with van der Waals surface area (Å²) < 4.78 is 7.82. The lowest BCUT2D eigenvalue weighted by Crippen LogP contribution is -2.10. The predicted octanol–water partition coefficient (Wildman–Crippen LogP) is 4.78. The van der Waals surface area contributed by atoms with Crippen molar-refractivity contribution in [2.45, 2.75) is 26.5 Å². The number of H-pyrrole nitrogens is 2. The van der Waals surface area contributed by atoms with E-state index in [0.29, 0.717) is 6.54 Å². The van der Waals surface area contributed by atoms with Crippen LogP contribution in [0.2, 0.25) is 0 Å². The second-order valence-electron chi connectivity index (χ2n) is 5.74. The number of fused-ring (bicyclic) bond motifs is 1. The van der Waals surface area contributed by atoms with Crippen LogP contribution in [0.3, 0.4) is 0 Å². The molecule has 3 N–H and O–H groups in total. The number of aromatic amines is 2. The molecule has 0 aliphatic carbocycles. The third-order valence-electron chi connectivity index (χ3n) is 3.44. The monoisotopic (exact) mass is 453 g/mol. The molecule has 7 heteroatoms. The third-order valence-corrected chi connectivity index (χ3v) is 4.48. The van der Waals surface area contributed by atoms with Crippen molar-refractivity contribution in [2.75, 3.05) is 5.32 Å². The van der Waals surface area contributed by atoms with Gasteiger partial charge in [0.2, 0.25) is 0 Å². The zero-order valence-corrected chi connectivity index (χ0v) is 16.4. The second-order valence-corrected chi connectivity index (χ2v) is 7.51. The van der Waals surface area contributed by atoms with Gasteiger partial charge in [-0.25, -0.2) is 4.79 Å². The Morgan fingerprint density at radius 1 is 1.12 bits per heavy atom. The Bertz CT molecular complexity index is 931. The molecule has 3 aromatic rings. The highest BCUT2D eigenvalue weighted by atomic mass is 79.9. The molecule has 126 valence electrons. The summed E-state index contributed by atoms with van der Waals surface area (Å²) in [7, 11) is 0. The Labute approximate surface area is 156 Å². The van der Waals surface area contributed by atoms with Crippen molar-refractivity contribution in [3.05, 3.63) is 55.3 Å². The van der Waals surface area contributed by atoms with Gasteiger partial charge in [0.15, 0.2) is 0 Å². The van der Waals surface area contributed by atoms with Gasteiger partial charge in [-0.1, -0.05) is 15.9 Å². The molecular formula is C17H17Br2N3O2. The number of rotatable bonds is 5. The summed E-state index contributed by atoms with van der Waals surface area (Å²) in [5.74, 6) is 0.830. The Morgan fingerprint density at radius 3 is 2.62 bits per heavy atom. The number of benzene rings is 2. The fourth-order valence-corrected chi connectivity index (χ4v) is 3.86. The van der Waals surface area contributed by atoms with Crippen molar-refractivity contribution >= 4 is 48.6 Å². The first-order chi connectivity index (χ1) is 11.4. The number of hydrogen-bond acceptors (Lipinski definition) is 3. The maximum atomic E-state index is 11.3. The topological polar surface area (TPSA) is 69.9 Å². The van der Waals surface area contributed by atoms with Gasteiger partial charge in [0.05, 0.1) is 21.6 Å². The van der Waals surface area contributed by atoms with E-state index in [-0.39, 0.29) is 11.8 Å². The lowest BCUT2D eigenvalue weighted by molar-refractivity contribution is 0.238. The first-order valence-corrected chi connectivity index (χ1v) is 9.11. The van der Waals surface area contributed by atoms with E-state index in [0.717, 1.165) is 37.0 Å². The predicted molar refractivity (Wildman–Crippen MR) is 104 cm³/mol. The highest BCUT2D eigenvalue weighted by molar-refractivity contribution is 9.11.